The Balaban J connectivity index is 1.87. The molecule has 2 aromatic rings. The summed E-state index contributed by atoms with van der Waals surface area (Å²) in [5.74, 6) is -2.76. The van der Waals surface area contributed by atoms with Gasteiger partial charge >= 0.3 is 22.6 Å². The molecular weight excluding hydrogens is 600 g/mol. The number of amides is 1. The third-order valence-corrected chi connectivity index (χ3v) is 7.54. The summed E-state index contributed by atoms with van der Waals surface area (Å²) in [4.78, 5) is 10.4. The monoisotopic (exact) mass is 621 g/mol. The van der Waals surface area contributed by atoms with Crippen molar-refractivity contribution >= 4 is 31.8 Å². The van der Waals surface area contributed by atoms with Gasteiger partial charge < -0.3 is 14.6 Å². The number of aromatic hydroxyl groups is 1. The Bertz CT molecular complexity index is 1490. The number of rotatable bonds is 10. The maximum absolute atomic E-state index is 12.8. The molecule has 0 saturated carbocycles. The fourth-order valence-electron chi connectivity index (χ4n) is 3.67. The van der Waals surface area contributed by atoms with Crippen LogP contribution in [0.2, 0.25) is 0 Å². The lowest BCUT2D eigenvalue weighted by molar-refractivity contribution is -0.155. The molecule has 1 heterocycles. The summed E-state index contributed by atoms with van der Waals surface area (Å²) in [6, 6.07) is 5.21. The van der Waals surface area contributed by atoms with Gasteiger partial charge in [-0.05, 0) is 48.6 Å². The van der Waals surface area contributed by atoms with Gasteiger partial charge in [-0.25, -0.2) is 22.6 Å². The first-order chi connectivity index (χ1) is 18.2. The van der Waals surface area contributed by atoms with Crippen molar-refractivity contribution in [2.24, 2.45) is 5.14 Å². The lowest BCUT2D eigenvalue weighted by Crippen LogP contribution is -2.29. The molecule has 40 heavy (non-hydrogen) atoms. The topological polar surface area (TPSA) is 165 Å². The van der Waals surface area contributed by atoms with Crippen LogP contribution in [0.4, 0.5) is 32.0 Å². The van der Waals surface area contributed by atoms with E-state index in [0.717, 1.165) is 6.07 Å². The van der Waals surface area contributed by atoms with Crippen LogP contribution in [0.3, 0.4) is 0 Å². The van der Waals surface area contributed by atoms with Crippen molar-refractivity contribution in [1.29, 1.82) is 0 Å². The van der Waals surface area contributed by atoms with Gasteiger partial charge in [-0.3, -0.25) is 4.79 Å². The molecule has 0 aromatic heterocycles. The Morgan fingerprint density at radius 3 is 2.15 bits per heavy atom. The molecule has 0 unspecified atom stereocenters. The summed E-state index contributed by atoms with van der Waals surface area (Å²) >= 11 is 0. The maximum Gasteiger partial charge on any atom is 0.422 e. The van der Waals surface area contributed by atoms with E-state index in [1.807, 2.05) is 0 Å². The number of aryl methyl sites for hydroxylation is 2. The van der Waals surface area contributed by atoms with Gasteiger partial charge in [0, 0.05) is 6.07 Å². The molecule has 1 amide bonds. The Labute approximate surface area is 223 Å². The Morgan fingerprint density at radius 1 is 1.00 bits per heavy atom. The Hall–Kier alpha value is -3.45. The molecule has 0 spiro atoms. The minimum Gasteiger partial charge on any atom is -0.506 e. The van der Waals surface area contributed by atoms with Gasteiger partial charge in [-0.15, -0.1) is 0 Å². The third-order valence-electron chi connectivity index (χ3n) is 5.23. The minimum absolute atomic E-state index is 0.0377. The fraction of sp³-hybridized carbons (Fsp3) is 0.381. The van der Waals surface area contributed by atoms with E-state index >= 15 is 0 Å². The predicted molar refractivity (Wildman–Crippen MR) is 125 cm³/mol. The van der Waals surface area contributed by atoms with Crippen LogP contribution in [0, 0.1) is 0 Å². The van der Waals surface area contributed by atoms with Gasteiger partial charge in [0.1, 0.15) is 28.7 Å². The van der Waals surface area contributed by atoms with E-state index in [2.05, 4.69) is 9.47 Å². The van der Waals surface area contributed by atoms with Gasteiger partial charge in [-0.2, -0.15) is 34.8 Å². The highest BCUT2D eigenvalue weighted by Crippen LogP contribution is 2.36. The standard InChI is InChI=1S/C21H21F6N3O8S2/c22-20(23,24)10-37-14-7-13(19(38-11-21(25,26)27)17(8-14)39(28,33)34)3-1-2-12-4-5-15(16(31)6-12)30-9-18(32)29-40(30,35)36/h4-8,31H,1-3,9-11H2,(H,29,32)(H2,28,33,34). The van der Waals surface area contributed by atoms with Crippen molar-refractivity contribution in [2.45, 2.75) is 36.5 Å². The number of hydrogen-bond acceptors (Lipinski definition) is 8. The van der Waals surface area contributed by atoms with E-state index in [1.165, 1.54) is 18.2 Å². The van der Waals surface area contributed by atoms with E-state index in [-0.39, 0.29) is 30.5 Å². The lowest BCUT2D eigenvalue weighted by Gasteiger charge is -2.19. The maximum atomic E-state index is 12.8. The van der Waals surface area contributed by atoms with Crippen molar-refractivity contribution < 1.29 is 62.6 Å². The van der Waals surface area contributed by atoms with Crippen LogP contribution in [0.5, 0.6) is 17.2 Å². The molecule has 0 radical (unpaired) electrons. The van der Waals surface area contributed by atoms with Crippen molar-refractivity contribution in [3.63, 3.8) is 0 Å². The summed E-state index contributed by atoms with van der Waals surface area (Å²) in [6.07, 6.45) is -9.81. The number of hydrogen-bond donors (Lipinski definition) is 3. The van der Waals surface area contributed by atoms with Crippen LogP contribution in [0.25, 0.3) is 0 Å². The van der Waals surface area contributed by atoms with Crippen molar-refractivity contribution in [1.82, 2.24) is 4.72 Å². The average molecular weight is 622 g/mol. The molecule has 2 aromatic carbocycles. The third kappa shape index (κ3) is 8.28. The van der Waals surface area contributed by atoms with Crippen LogP contribution in [-0.4, -0.2) is 60.0 Å². The summed E-state index contributed by atoms with van der Waals surface area (Å²) in [5, 5.41) is 15.4. The molecular formula is C21H21F6N3O8S2. The number of sulfonamides is 1. The molecule has 1 saturated heterocycles. The SMILES string of the molecule is NS(=O)(=O)c1cc(OCC(F)(F)F)cc(CCCc2ccc(N3CC(=O)NS3(=O)=O)c(O)c2)c1OCC(F)(F)F. The van der Waals surface area contributed by atoms with E-state index in [4.69, 9.17) is 5.14 Å². The number of phenolic OH excluding ortho intramolecular Hbond substituents is 1. The second-order valence-electron chi connectivity index (χ2n) is 8.48. The number of carbonyl (C=O) groups excluding carboxylic acids is 1. The number of phenols is 1. The molecule has 0 bridgehead atoms. The number of nitrogens with one attached hydrogen (secondary N) is 1. The first-order valence-electron chi connectivity index (χ1n) is 11.0. The first kappa shape index (κ1) is 31.1. The van der Waals surface area contributed by atoms with Crippen LogP contribution in [0.1, 0.15) is 17.5 Å². The zero-order valence-corrected chi connectivity index (χ0v) is 21.7. The van der Waals surface area contributed by atoms with Crippen molar-refractivity contribution in [2.75, 3.05) is 24.1 Å². The van der Waals surface area contributed by atoms with Gasteiger partial charge in [0.15, 0.2) is 13.2 Å². The number of nitrogens with two attached hydrogens (primary N) is 1. The smallest absolute Gasteiger partial charge is 0.422 e. The van der Waals surface area contributed by atoms with E-state index in [9.17, 15) is 53.1 Å². The number of anilines is 1. The largest absolute Gasteiger partial charge is 0.506 e. The van der Waals surface area contributed by atoms with Crippen LogP contribution >= 0.6 is 0 Å². The molecule has 3 rings (SSSR count). The molecule has 19 heteroatoms. The summed E-state index contributed by atoms with van der Waals surface area (Å²) in [5.41, 5.74) is -0.0511. The quantitative estimate of drug-likeness (QED) is 0.340. The van der Waals surface area contributed by atoms with Crippen LogP contribution < -0.4 is 23.6 Å². The van der Waals surface area contributed by atoms with Crippen LogP contribution in [-0.2, 0) is 37.9 Å². The predicted octanol–water partition coefficient (Wildman–Crippen LogP) is 2.28. The molecule has 0 atom stereocenters. The Morgan fingerprint density at radius 2 is 1.62 bits per heavy atom. The normalized spacial score (nSPS) is 15.7. The highest BCUT2D eigenvalue weighted by molar-refractivity contribution is 7.92. The van der Waals surface area contributed by atoms with E-state index in [0.29, 0.717) is 15.9 Å². The van der Waals surface area contributed by atoms with Gasteiger partial charge in [0.2, 0.25) is 10.0 Å². The number of ether oxygens (including phenoxy) is 2. The molecule has 1 fully saturated rings. The van der Waals surface area contributed by atoms with Crippen LogP contribution in [0.15, 0.2) is 35.2 Å². The summed E-state index contributed by atoms with van der Waals surface area (Å²) in [6.45, 7) is -4.30. The summed E-state index contributed by atoms with van der Waals surface area (Å²) in [7, 11) is -8.97. The zero-order chi connectivity index (χ0) is 30.1. The fourth-order valence-corrected chi connectivity index (χ4v) is 5.57. The number of nitrogens with zero attached hydrogens (tertiary/aromatic N) is 1. The molecule has 222 valence electrons. The number of primary sulfonamides is 1. The van der Waals surface area contributed by atoms with Gasteiger partial charge in [0.05, 0.1) is 5.69 Å². The van der Waals surface area contributed by atoms with E-state index < -0.39 is 80.4 Å². The van der Waals surface area contributed by atoms with Crippen molar-refractivity contribution in [3.05, 3.63) is 41.5 Å². The average Bonchev–Trinajstić information content (AvgIpc) is 3.06. The molecule has 4 N–H and O–H groups in total. The second-order valence-corrected chi connectivity index (χ2v) is 11.6. The Kier molecular flexibility index (Phi) is 8.70. The zero-order valence-electron chi connectivity index (χ0n) is 20.0. The first-order valence-corrected chi connectivity index (χ1v) is 14.0. The lowest BCUT2D eigenvalue weighted by atomic mass is 10.0. The highest BCUT2D eigenvalue weighted by atomic mass is 32.2. The second kappa shape index (κ2) is 11.2. The molecule has 11 nitrogen and oxygen atoms in total. The molecule has 1 aliphatic heterocycles. The van der Waals surface area contributed by atoms with E-state index in [1.54, 1.807) is 4.72 Å². The number of carbonyl (C=O) groups is 1. The number of halogens is 6. The van der Waals surface area contributed by atoms with Crippen molar-refractivity contribution in [3.8, 4) is 17.2 Å². The molecule has 0 aliphatic carbocycles. The molecule has 1 aliphatic rings. The highest BCUT2D eigenvalue weighted by Gasteiger charge is 2.36. The van der Waals surface area contributed by atoms with Gasteiger partial charge in [0.25, 0.3) is 5.91 Å². The minimum atomic E-state index is -4.89. The van der Waals surface area contributed by atoms with Gasteiger partial charge in [-0.1, -0.05) is 6.07 Å². The number of alkyl halides is 6. The number of benzene rings is 2. The summed E-state index contributed by atoms with van der Waals surface area (Å²) < 4.78 is 136.